The monoisotopic (exact) mass is 382 g/mol. The number of halogens is 2. The molecule has 4 nitrogen and oxygen atoms in total. The van der Waals surface area contributed by atoms with Crippen LogP contribution in [0.2, 0.25) is 0 Å². The number of rotatable bonds is 4. The minimum Gasteiger partial charge on any atom is -0.329 e. The van der Waals surface area contributed by atoms with E-state index in [9.17, 15) is 8.42 Å². The molecule has 0 saturated heterocycles. The van der Waals surface area contributed by atoms with Crippen molar-refractivity contribution in [1.82, 2.24) is 4.72 Å². The van der Waals surface area contributed by atoms with E-state index in [2.05, 4.69) is 20.7 Å². The summed E-state index contributed by atoms with van der Waals surface area (Å²) in [5.74, 6) is 0. The highest BCUT2D eigenvalue weighted by molar-refractivity contribution is 9.10. The Bertz CT molecular complexity index is 572. The van der Waals surface area contributed by atoms with E-state index in [1.807, 2.05) is 6.07 Å². The smallest absolute Gasteiger partial charge is 0.241 e. The number of aryl methyl sites for hydroxylation is 1. The fourth-order valence-corrected chi connectivity index (χ4v) is 4.86. The molecular weight excluding hydrogens is 364 g/mol. The van der Waals surface area contributed by atoms with Gasteiger partial charge in [0.2, 0.25) is 10.0 Å². The molecule has 0 aliphatic heterocycles. The lowest BCUT2D eigenvalue weighted by molar-refractivity contribution is 0.399. The highest BCUT2D eigenvalue weighted by atomic mass is 79.9. The van der Waals surface area contributed by atoms with Gasteiger partial charge in [0.15, 0.2) is 0 Å². The first-order valence-corrected chi connectivity index (χ1v) is 8.66. The average molecular weight is 384 g/mol. The predicted molar refractivity (Wildman–Crippen MR) is 86.7 cm³/mol. The predicted octanol–water partition coefficient (Wildman–Crippen LogP) is 2.73. The first-order chi connectivity index (χ1) is 8.88. The fraction of sp³-hybridized carbons (Fsp3) is 0.538. The fourth-order valence-electron chi connectivity index (χ4n) is 2.60. The Hall–Kier alpha value is -0.140. The topological polar surface area (TPSA) is 72.2 Å². The molecule has 1 aromatic rings. The van der Waals surface area contributed by atoms with Gasteiger partial charge in [-0.1, -0.05) is 34.8 Å². The highest BCUT2D eigenvalue weighted by Gasteiger charge is 2.37. The van der Waals surface area contributed by atoms with Crippen LogP contribution in [-0.4, -0.2) is 20.5 Å². The minimum absolute atomic E-state index is 0. The Labute approximate surface area is 135 Å². The number of sulfonamides is 1. The molecule has 7 heteroatoms. The molecule has 20 heavy (non-hydrogen) atoms. The van der Waals surface area contributed by atoms with Crippen LogP contribution in [0.15, 0.2) is 27.6 Å². The van der Waals surface area contributed by atoms with Gasteiger partial charge < -0.3 is 5.73 Å². The van der Waals surface area contributed by atoms with Gasteiger partial charge in [0.1, 0.15) is 0 Å². The van der Waals surface area contributed by atoms with E-state index in [4.69, 9.17) is 5.73 Å². The summed E-state index contributed by atoms with van der Waals surface area (Å²) in [6, 6.07) is 5.27. The molecule has 1 fully saturated rings. The molecule has 0 heterocycles. The van der Waals surface area contributed by atoms with Gasteiger partial charge in [-0.2, -0.15) is 0 Å². The van der Waals surface area contributed by atoms with Gasteiger partial charge in [0.25, 0.3) is 0 Å². The number of nitrogens with one attached hydrogen (secondary N) is 1. The molecule has 114 valence electrons. The minimum atomic E-state index is -3.53. The van der Waals surface area contributed by atoms with Crippen molar-refractivity contribution < 1.29 is 8.42 Å². The first kappa shape index (κ1) is 17.9. The van der Waals surface area contributed by atoms with Gasteiger partial charge in [-0.15, -0.1) is 12.4 Å². The summed E-state index contributed by atoms with van der Waals surface area (Å²) in [5, 5.41) is 0. The number of hydrogen-bond acceptors (Lipinski definition) is 3. The van der Waals surface area contributed by atoms with Crippen LogP contribution >= 0.6 is 28.3 Å². The lowest BCUT2D eigenvalue weighted by Gasteiger charge is -2.28. The highest BCUT2D eigenvalue weighted by Crippen LogP contribution is 2.31. The molecule has 1 aromatic carbocycles. The molecule has 0 unspecified atom stereocenters. The Balaban J connectivity index is 0.00000200. The maximum absolute atomic E-state index is 12.5. The molecule has 0 aromatic heterocycles. The normalized spacial score (nSPS) is 17.8. The third-order valence-electron chi connectivity index (χ3n) is 3.74. The summed E-state index contributed by atoms with van der Waals surface area (Å²) in [6.07, 6.45) is 3.68. The van der Waals surface area contributed by atoms with Crippen LogP contribution in [0.3, 0.4) is 0 Å². The zero-order valence-electron chi connectivity index (χ0n) is 11.4. The van der Waals surface area contributed by atoms with Crippen molar-refractivity contribution in [2.45, 2.75) is 43.0 Å². The molecule has 2 rings (SSSR count). The maximum Gasteiger partial charge on any atom is 0.241 e. The van der Waals surface area contributed by atoms with Gasteiger partial charge in [-0.25, -0.2) is 13.1 Å². The van der Waals surface area contributed by atoms with E-state index in [-0.39, 0.29) is 12.4 Å². The molecule has 0 spiro atoms. The molecule has 0 radical (unpaired) electrons. The SMILES string of the molecule is Cc1ccc(Br)cc1S(=O)(=O)NC1(CN)CCCC1.Cl. The van der Waals surface area contributed by atoms with Crippen molar-refractivity contribution in [1.29, 1.82) is 0 Å². The first-order valence-electron chi connectivity index (χ1n) is 6.39. The number of hydrogen-bond donors (Lipinski definition) is 2. The third-order valence-corrected chi connectivity index (χ3v) is 5.96. The van der Waals surface area contributed by atoms with Gasteiger partial charge in [0, 0.05) is 16.6 Å². The lowest BCUT2D eigenvalue weighted by Crippen LogP contribution is -2.51. The van der Waals surface area contributed by atoms with E-state index >= 15 is 0 Å². The van der Waals surface area contributed by atoms with Crippen LogP contribution in [-0.2, 0) is 10.0 Å². The quantitative estimate of drug-likeness (QED) is 0.839. The van der Waals surface area contributed by atoms with E-state index in [0.29, 0.717) is 11.4 Å². The van der Waals surface area contributed by atoms with Crippen LogP contribution in [0.5, 0.6) is 0 Å². The van der Waals surface area contributed by atoms with Crippen molar-refractivity contribution in [3.05, 3.63) is 28.2 Å². The summed E-state index contributed by atoms with van der Waals surface area (Å²) in [5.41, 5.74) is 6.06. The second kappa shape index (κ2) is 6.75. The molecule has 3 N–H and O–H groups in total. The second-order valence-corrected chi connectivity index (χ2v) is 7.77. The lowest BCUT2D eigenvalue weighted by atomic mass is 10.0. The van der Waals surface area contributed by atoms with Crippen molar-refractivity contribution >= 4 is 38.4 Å². The summed E-state index contributed by atoms with van der Waals surface area (Å²) >= 11 is 3.32. The third kappa shape index (κ3) is 3.74. The molecule has 1 aliphatic carbocycles. The molecule has 0 amide bonds. The Morgan fingerprint density at radius 3 is 2.50 bits per heavy atom. The summed E-state index contributed by atoms with van der Waals surface area (Å²) in [7, 11) is -3.53. The van der Waals surface area contributed by atoms with Crippen LogP contribution in [0.1, 0.15) is 31.2 Å². The Morgan fingerprint density at radius 2 is 1.95 bits per heavy atom. The number of nitrogens with two attached hydrogens (primary N) is 1. The van der Waals surface area contributed by atoms with Crippen molar-refractivity contribution in [3.63, 3.8) is 0 Å². The van der Waals surface area contributed by atoms with E-state index < -0.39 is 15.6 Å². The van der Waals surface area contributed by atoms with Gasteiger partial charge >= 0.3 is 0 Å². The molecule has 1 aliphatic rings. The van der Waals surface area contributed by atoms with E-state index in [1.54, 1.807) is 19.1 Å². The van der Waals surface area contributed by atoms with E-state index in [1.165, 1.54) is 0 Å². The van der Waals surface area contributed by atoms with Crippen LogP contribution in [0, 0.1) is 6.92 Å². The van der Waals surface area contributed by atoms with Crippen molar-refractivity contribution in [2.24, 2.45) is 5.73 Å². The van der Waals surface area contributed by atoms with E-state index in [0.717, 1.165) is 35.7 Å². The van der Waals surface area contributed by atoms with Crippen LogP contribution in [0.4, 0.5) is 0 Å². The Kier molecular flexibility index (Phi) is 6.04. The zero-order chi connectivity index (χ0) is 14.1. The van der Waals surface area contributed by atoms with Crippen LogP contribution in [0.25, 0.3) is 0 Å². The summed E-state index contributed by atoms with van der Waals surface area (Å²) < 4.78 is 28.7. The largest absolute Gasteiger partial charge is 0.329 e. The second-order valence-electron chi connectivity index (χ2n) is 5.21. The molecular formula is C13H20BrClN2O2S. The molecule has 0 bridgehead atoms. The molecule has 1 saturated carbocycles. The number of benzene rings is 1. The average Bonchev–Trinajstić information content (AvgIpc) is 2.80. The Morgan fingerprint density at radius 1 is 1.35 bits per heavy atom. The maximum atomic E-state index is 12.5. The zero-order valence-corrected chi connectivity index (χ0v) is 14.6. The summed E-state index contributed by atoms with van der Waals surface area (Å²) in [4.78, 5) is 0.321. The summed E-state index contributed by atoms with van der Waals surface area (Å²) in [6.45, 7) is 2.14. The van der Waals surface area contributed by atoms with Gasteiger partial charge in [-0.3, -0.25) is 0 Å². The van der Waals surface area contributed by atoms with Gasteiger partial charge in [-0.05, 0) is 37.5 Å². The van der Waals surface area contributed by atoms with Crippen molar-refractivity contribution in [2.75, 3.05) is 6.54 Å². The standard InChI is InChI=1S/C13H19BrN2O2S.ClH/c1-10-4-5-11(14)8-12(10)19(17,18)16-13(9-15)6-2-3-7-13;/h4-5,8,16H,2-3,6-7,9,15H2,1H3;1H. The molecule has 0 atom stereocenters. The van der Waals surface area contributed by atoms with Crippen LogP contribution < -0.4 is 10.5 Å². The van der Waals surface area contributed by atoms with Crippen molar-refractivity contribution in [3.8, 4) is 0 Å². The van der Waals surface area contributed by atoms with Gasteiger partial charge in [0.05, 0.1) is 4.90 Å².